The first-order chi connectivity index (χ1) is 12.1. The molecule has 5 nitrogen and oxygen atoms in total. The van der Waals surface area contributed by atoms with Crippen LogP contribution < -0.4 is 5.32 Å². The molecule has 0 unspecified atom stereocenters. The van der Waals surface area contributed by atoms with Gasteiger partial charge in [-0.05, 0) is 68.6 Å². The third-order valence-corrected chi connectivity index (χ3v) is 4.73. The fourth-order valence-electron chi connectivity index (χ4n) is 3.14. The lowest BCUT2D eigenvalue weighted by molar-refractivity contribution is 0.102. The first-order valence-electron chi connectivity index (χ1n) is 8.80. The second-order valence-corrected chi connectivity index (χ2v) is 6.74. The van der Waals surface area contributed by atoms with E-state index in [1.165, 1.54) is 5.56 Å². The van der Waals surface area contributed by atoms with Crippen molar-refractivity contribution in [3.05, 3.63) is 59.4 Å². The van der Waals surface area contributed by atoms with Crippen molar-refractivity contribution in [2.24, 2.45) is 5.92 Å². The summed E-state index contributed by atoms with van der Waals surface area (Å²) in [6.45, 7) is 5.08. The third-order valence-electron chi connectivity index (χ3n) is 4.73. The van der Waals surface area contributed by atoms with Gasteiger partial charge in [-0.3, -0.25) is 14.7 Å². The van der Waals surface area contributed by atoms with Gasteiger partial charge in [-0.2, -0.15) is 0 Å². The van der Waals surface area contributed by atoms with Crippen molar-refractivity contribution in [3.8, 4) is 0 Å². The van der Waals surface area contributed by atoms with E-state index in [1.807, 2.05) is 31.2 Å². The smallest absolute Gasteiger partial charge is 0.257 e. The van der Waals surface area contributed by atoms with Crippen LogP contribution in [0.4, 0.5) is 5.69 Å². The van der Waals surface area contributed by atoms with Crippen LogP contribution in [-0.4, -0.2) is 40.6 Å². The molecule has 2 N–H and O–H groups in total. The van der Waals surface area contributed by atoms with Gasteiger partial charge in [-0.15, -0.1) is 0 Å². The van der Waals surface area contributed by atoms with Gasteiger partial charge in [0.25, 0.3) is 5.91 Å². The van der Waals surface area contributed by atoms with Crippen LogP contribution in [0.3, 0.4) is 0 Å². The quantitative estimate of drug-likeness (QED) is 0.879. The van der Waals surface area contributed by atoms with Gasteiger partial charge in [-0.1, -0.05) is 12.1 Å². The molecule has 0 aliphatic carbocycles. The number of carbonyl (C=O) groups is 1. The molecule has 0 spiro atoms. The van der Waals surface area contributed by atoms with Crippen LogP contribution >= 0.6 is 0 Å². The Hall–Kier alpha value is -2.24. The molecule has 5 heteroatoms. The standard InChI is InChI=1S/C20H25N3O2/c1-15-5-6-18(12-21-15)20(25)22-19-4-2-3-17(11-19)13-23-9-7-16(14-24)8-10-23/h2-6,11-12,16,24H,7-10,13-14H2,1H3,(H,22,25). The number of anilines is 1. The molecule has 0 saturated carbocycles. The zero-order valence-corrected chi connectivity index (χ0v) is 14.6. The van der Waals surface area contributed by atoms with Gasteiger partial charge in [0.05, 0.1) is 5.56 Å². The minimum atomic E-state index is -0.145. The number of aromatic nitrogens is 1. The monoisotopic (exact) mass is 339 g/mol. The molecule has 1 aliphatic rings. The largest absolute Gasteiger partial charge is 0.396 e. The van der Waals surface area contributed by atoms with E-state index >= 15 is 0 Å². The van der Waals surface area contributed by atoms with E-state index in [9.17, 15) is 9.90 Å². The highest BCUT2D eigenvalue weighted by Gasteiger charge is 2.18. The number of benzene rings is 1. The van der Waals surface area contributed by atoms with Crippen molar-refractivity contribution in [2.45, 2.75) is 26.3 Å². The number of rotatable bonds is 5. The number of nitrogens with zero attached hydrogens (tertiary/aromatic N) is 2. The zero-order chi connectivity index (χ0) is 17.6. The summed E-state index contributed by atoms with van der Waals surface area (Å²) in [5.74, 6) is 0.304. The number of hydrogen-bond donors (Lipinski definition) is 2. The Kier molecular flexibility index (Phi) is 5.79. The number of pyridine rings is 1. The second kappa shape index (κ2) is 8.23. The molecule has 1 aromatic carbocycles. The average Bonchev–Trinajstić information content (AvgIpc) is 2.63. The minimum Gasteiger partial charge on any atom is -0.396 e. The summed E-state index contributed by atoms with van der Waals surface area (Å²) in [6, 6.07) is 11.6. The summed E-state index contributed by atoms with van der Waals surface area (Å²) < 4.78 is 0. The lowest BCUT2D eigenvalue weighted by atomic mass is 9.97. The molecule has 1 aromatic heterocycles. The third kappa shape index (κ3) is 4.87. The Morgan fingerprint density at radius 2 is 2.08 bits per heavy atom. The molecule has 1 amide bonds. The summed E-state index contributed by atoms with van der Waals surface area (Å²) >= 11 is 0. The van der Waals surface area contributed by atoms with Gasteiger partial charge in [0.15, 0.2) is 0 Å². The molecule has 0 radical (unpaired) electrons. The van der Waals surface area contributed by atoms with E-state index < -0.39 is 0 Å². The van der Waals surface area contributed by atoms with Crippen molar-refractivity contribution < 1.29 is 9.90 Å². The van der Waals surface area contributed by atoms with Gasteiger partial charge in [0.2, 0.25) is 0 Å². The molecule has 25 heavy (non-hydrogen) atoms. The summed E-state index contributed by atoms with van der Waals surface area (Å²) in [5, 5.41) is 12.2. The first kappa shape index (κ1) is 17.6. The van der Waals surface area contributed by atoms with Crippen LogP contribution in [0.25, 0.3) is 0 Å². The van der Waals surface area contributed by atoms with Gasteiger partial charge < -0.3 is 10.4 Å². The highest BCUT2D eigenvalue weighted by atomic mass is 16.3. The van der Waals surface area contributed by atoms with Crippen molar-refractivity contribution in [1.82, 2.24) is 9.88 Å². The van der Waals surface area contributed by atoms with E-state index in [-0.39, 0.29) is 5.91 Å². The topological polar surface area (TPSA) is 65.5 Å². The summed E-state index contributed by atoms with van der Waals surface area (Å²) in [7, 11) is 0. The number of aliphatic hydroxyl groups is 1. The molecule has 132 valence electrons. The highest BCUT2D eigenvalue weighted by Crippen LogP contribution is 2.20. The van der Waals surface area contributed by atoms with E-state index in [1.54, 1.807) is 12.3 Å². The Morgan fingerprint density at radius 3 is 2.76 bits per heavy atom. The van der Waals surface area contributed by atoms with Crippen LogP contribution in [0.2, 0.25) is 0 Å². The van der Waals surface area contributed by atoms with Crippen LogP contribution in [-0.2, 0) is 6.54 Å². The molecule has 2 aromatic rings. The first-order valence-corrected chi connectivity index (χ1v) is 8.80. The van der Waals surface area contributed by atoms with Crippen molar-refractivity contribution in [2.75, 3.05) is 25.0 Å². The number of hydrogen-bond acceptors (Lipinski definition) is 4. The maximum atomic E-state index is 12.3. The van der Waals surface area contributed by atoms with E-state index in [4.69, 9.17) is 0 Å². The molecule has 1 saturated heterocycles. The van der Waals surface area contributed by atoms with Crippen LogP contribution in [0.1, 0.15) is 34.5 Å². The number of carbonyl (C=O) groups excluding carboxylic acids is 1. The van der Waals surface area contributed by atoms with Crippen molar-refractivity contribution in [1.29, 1.82) is 0 Å². The van der Waals surface area contributed by atoms with Crippen LogP contribution in [0.15, 0.2) is 42.6 Å². The number of aliphatic hydroxyl groups excluding tert-OH is 1. The molecule has 2 heterocycles. The number of piperidine rings is 1. The Labute approximate surface area is 148 Å². The van der Waals surface area contributed by atoms with Crippen LogP contribution in [0.5, 0.6) is 0 Å². The molecule has 1 aliphatic heterocycles. The molecule has 3 rings (SSSR count). The maximum absolute atomic E-state index is 12.3. The molecule has 0 bridgehead atoms. The fourth-order valence-corrected chi connectivity index (χ4v) is 3.14. The summed E-state index contributed by atoms with van der Waals surface area (Å²) in [5.41, 5.74) is 3.43. The highest BCUT2D eigenvalue weighted by molar-refractivity contribution is 6.04. The van der Waals surface area contributed by atoms with Gasteiger partial charge in [0, 0.05) is 30.7 Å². The Bertz CT molecular complexity index is 707. The summed E-state index contributed by atoms with van der Waals surface area (Å²) in [6.07, 6.45) is 3.69. The minimum absolute atomic E-state index is 0.145. The van der Waals surface area contributed by atoms with Gasteiger partial charge in [-0.25, -0.2) is 0 Å². The van der Waals surface area contributed by atoms with E-state index in [0.29, 0.717) is 18.1 Å². The SMILES string of the molecule is Cc1ccc(C(=O)Nc2cccc(CN3CCC(CO)CC3)c2)cn1. The molecular formula is C20H25N3O2. The fraction of sp³-hybridized carbons (Fsp3) is 0.400. The molecule has 0 atom stereocenters. The zero-order valence-electron chi connectivity index (χ0n) is 14.6. The normalized spacial score (nSPS) is 15.9. The lowest BCUT2D eigenvalue weighted by Crippen LogP contribution is -2.34. The van der Waals surface area contributed by atoms with Crippen molar-refractivity contribution in [3.63, 3.8) is 0 Å². The predicted octanol–water partition coefficient (Wildman–Crippen LogP) is 2.85. The maximum Gasteiger partial charge on any atom is 0.257 e. The van der Waals surface area contributed by atoms with Crippen LogP contribution in [0, 0.1) is 12.8 Å². The Balaban J connectivity index is 1.59. The molecular weight excluding hydrogens is 314 g/mol. The number of likely N-dealkylation sites (tertiary alicyclic amines) is 1. The average molecular weight is 339 g/mol. The van der Waals surface area contributed by atoms with E-state index in [0.717, 1.165) is 43.9 Å². The van der Waals surface area contributed by atoms with Gasteiger partial charge in [0.1, 0.15) is 0 Å². The molecule has 1 fully saturated rings. The second-order valence-electron chi connectivity index (χ2n) is 6.74. The Morgan fingerprint density at radius 1 is 1.28 bits per heavy atom. The lowest BCUT2D eigenvalue weighted by Gasteiger charge is -2.31. The number of aryl methyl sites for hydroxylation is 1. The van der Waals surface area contributed by atoms with Gasteiger partial charge >= 0.3 is 0 Å². The number of nitrogens with one attached hydrogen (secondary N) is 1. The number of amides is 1. The van der Waals surface area contributed by atoms with E-state index in [2.05, 4.69) is 21.3 Å². The predicted molar refractivity (Wildman–Crippen MR) is 98.5 cm³/mol. The van der Waals surface area contributed by atoms with Crippen molar-refractivity contribution >= 4 is 11.6 Å². The summed E-state index contributed by atoms with van der Waals surface area (Å²) in [4.78, 5) is 18.9.